The number of likely N-dealkylation sites (tertiary alicyclic amines) is 1. The van der Waals surface area contributed by atoms with Gasteiger partial charge >= 0.3 is 0 Å². The summed E-state index contributed by atoms with van der Waals surface area (Å²) in [6.45, 7) is 3.99. The molecule has 4 aliphatic rings. The summed E-state index contributed by atoms with van der Waals surface area (Å²) >= 11 is 0. The Kier molecular flexibility index (Phi) is 5.38. The molecule has 0 saturated carbocycles. The normalized spacial score (nSPS) is 26.7. The van der Waals surface area contributed by atoms with E-state index in [-0.39, 0.29) is 12.4 Å². The second-order valence-electron chi connectivity index (χ2n) is 8.33. The highest BCUT2D eigenvalue weighted by Gasteiger charge is 2.42. The number of hydrogen-bond donors (Lipinski definition) is 0. The Bertz CT molecular complexity index is 702. The third kappa shape index (κ3) is 3.10. The van der Waals surface area contributed by atoms with Crippen molar-refractivity contribution in [2.75, 3.05) is 19.6 Å². The minimum absolute atomic E-state index is 0. The molecule has 0 N–H and O–H groups in total. The zero-order valence-electron chi connectivity index (χ0n) is 15.6. The summed E-state index contributed by atoms with van der Waals surface area (Å²) in [4.78, 5) is 2.70. The van der Waals surface area contributed by atoms with Crippen molar-refractivity contribution in [1.82, 2.24) is 4.90 Å². The van der Waals surface area contributed by atoms with E-state index in [0.29, 0.717) is 11.8 Å². The molecule has 3 aliphatic carbocycles. The fourth-order valence-corrected chi connectivity index (χ4v) is 5.80. The maximum absolute atomic E-state index is 2.70. The largest absolute Gasteiger partial charge is 0.303 e. The van der Waals surface area contributed by atoms with Crippen LogP contribution in [0.5, 0.6) is 0 Å². The van der Waals surface area contributed by atoms with Crippen LogP contribution in [0.25, 0.3) is 0 Å². The van der Waals surface area contributed by atoms with Gasteiger partial charge in [-0.15, -0.1) is 12.4 Å². The predicted molar refractivity (Wildman–Crippen MR) is 111 cm³/mol. The van der Waals surface area contributed by atoms with Gasteiger partial charge in [-0.2, -0.15) is 0 Å². The van der Waals surface area contributed by atoms with Gasteiger partial charge in [-0.25, -0.2) is 0 Å². The van der Waals surface area contributed by atoms with Crippen molar-refractivity contribution in [1.29, 1.82) is 0 Å². The van der Waals surface area contributed by atoms with Crippen molar-refractivity contribution in [3.8, 4) is 0 Å². The van der Waals surface area contributed by atoms with Gasteiger partial charge in [-0.05, 0) is 79.9 Å². The molecule has 2 aromatic carbocycles. The number of piperidine rings is 1. The SMILES string of the molecule is Cl.c1ccc2c(c1)C1CC(CCCN3CCCCC3)C2c2ccccc21. The zero-order chi connectivity index (χ0) is 16.6. The van der Waals surface area contributed by atoms with Crippen LogP contribution >= 0.6 is 12.4 Å². The Morgan fingerprint density at radius 3 is 1.96 bits per heavy atom. The number of rotatable bonds is 4. The molecular formula is C24H30ClN. The average molecular weight is 368 g/mol. The summed E-state index contributed by atoms with van der Waals surface area (Å²) in [6.07, 6.45) is 8.39. The first-order valence-corrected chi connectivity index (χ1v) is 10.3. The molecule has 2 bridgehead atoms. The van der Waals surface area contributed by atoms with Crippen molar-refractivity contribution in [2.45, 2.75) is 50.4 Å². The summed E-state index contributed by atoms with van der Waals surface area (Å²) in [6, 6.07) is 18.5. The Balaban J connectivity index is 0.00000168. The number of halogens is 1. The van der Waals surface area contributed by atoms with E-state index in [1.807, 2.05) is 0 Å². The second-order valence-corrected chi connectivity index (χ2v) is 8.33. The van der Waals surface area contributed by atoms with Crippen molar-refractivity contribution < 1.29 is 0 Å². The molecule has 0 radical (unpaired) electrons. The molecule has 1 atom stereocenters. The third-order valence-electron chi connectivity index (χ3n) is 6.92. The maximum atomic E-state index is 2.70. The highest BCUT2D eigenvalue weighted by molar-refractivity contribution is 5.85. The van der Waals surface area contributed by atoms with E-state index in [1.54, 1.807) is 22.3 Å². The Morgan fingerprint density at radius 2 is 1.35 bits per heavy atom. The van der Waals surface area contributed by atoms with Gasteiger partial charge in [0.15, 0.2) is 0 Å². The molecule has 6 rings (SSSR count). The number of hydrogen-bond acceptors (Lipinski definition) is 1. The van der Waals surface area contributed by atoms with Crippen LogP contribution in [0.15, 0.2) is 48.5 Å². The lowest BCUT2D eigenvalue weighted by atomic mass is 9.58. The predicted octanol–water partition coefficient (Wildman–Crippen LogP) is 5.97. The van der Waals surface area contributed by atoms with E-state index in [1.165, 1.54) is 58.2 Å². The fraction of sp³-hybridized carbons (Fsp3) is 0.500. The molecule has 26 heavy (non-hydrogen) atoms. The van der Waals surface area contributed by atoms with Crippen LogP contribution in [-0.2, 0) is 0 Å². The molecule has 1 heterocycles. The monoisotopic (exact) mass is 367 g/mol. The van der Waals surface area contributed by atoms with Gasteiger partial charge in [0.1, 0.15) is 0 Å². The molecule has 1 nitrogen and oxygen atoms in total. The Morgan fingerprint density at radius 1 is 0.769 bits per heavy atom. The van der Waals surface area contributed by atoms with E-state index >= 15 is 0 Å². The number of fused-ring (bicyclic) bond motifs is 1. The highest BCUT2D eigenvalue weighted by Crippen LogP contribution is 2.56. The second kappa shape index (κ2) is 7.74. The molecule has 1 unspecified atom stereocenters. The quantitative estimate of drug-likeness (QED) is 0.643. The lowest BCUT2D eigenvalue weighted by molar-refractivity contribution is 0.213. The van der Waals surface area contributed by atoms with Gasteiger partial charge in [-0.1, -0.05) is 55.0 Å². The van der Waals surface area contributed by atoms with Crippen molar-refractivity contribution in [3.05, 3.63) is 70.8 Å². The van der Waals surface area contributed by atoms with Gasteiger partial charge in [0, 0.05) is 11.8 Å². The molecule has 2 heteroatoms. The van der Waals surface area contributed by atoms with Crippen LogP contribution in [0, 0.1) is 5.92 Å². The van der Waals surface area contributed by atoms with Crippen LogP contribution in [0.1, 0.15) is 72.6 Å². The lowest BCUT2D eigenvalue weighted by Gasteiger charge is -2.46. The van der Waals surface area contributed by atoms with Crippen LogP contribution < -0.4 is 0 Å². The maximum Gasteiger partial charge on any atom is 0.0124 e. The fourth-order valence-electron chi connectivity index (χ4n) is 5.80. The van der Waals surface area contributed by atoms with Gasteiger partial charge in [0.2, 0.25) is 0 Å². The molecular weight excluding hydrogens is 338 g/mol. The first-order chi connectivity index (χ1) is 12.4. The van der Waals surface area contributed by atoms with E-state index in [9.17, 15) is 0 Å². The Labute approximate surface area is 164 Å². The summed E-state index contributed by atoms with van der Waals surface area (Å²) in [7, 11) is 0. The number of benzene rings is 2. The average Bonchev–Trinajstić information content (AvgIpc) is 2.69. The number of nitrogens with zero attached hydrogens (tertiary/aromatic N) is 1. The summed E-state index contributed by atoms with van der Waals surface area (Å²) in [5.74, 6) is 2.11. The Hall–Kier alpha value is -1.31. The van der Waals surface area contributed by atoms with Gasteiger partial charge in [0.05, 0.1) is 0 Å². The van der Waals surface area contributed by atoms with Crippen LogP contribution in [0.2, 0.25) is 0 Å². The smallest absolute Gasteiger partial charge is 0.0124 e. The van der Waals surface area contributed by atoms with Crippen molar-refractivity contribution in [2.24, 2.45) is 5.92 Å². The molecule has 1 fully saturated rings. The first-order valence-electron chi connectivity index (χ1n) is 10.3. The molecule has 0 spiro atoms. The topological polar surface area (TPSA) is 3.24 Å². The molecule has 1 aliphatic heterocycles. The van der Waals surface area contributed by atoms with Crippen molar-refractivity contribution in [3.63, 3.8) is 0 Å². The minimum atomic E-state index is 0. The van der Waals surface area contributed by atoms with E-state index in [4.69, 9.17) is 0 Å². The molecule has 138 valence electrons. The first kappa shape index (κ1) is 18.1. The molecule has 0 amide bonds. The van der Waals surface area contributed by atoms with E-state index in [2.05, 4.69) is 53.4 Å². The molecule has 0 aromatic heterocycles. The summed E-state index contributed by atoms with van der Waals surface area (Å²) in [5.41, 5.74) is 6.47. The van der Waals surface area contributed by atoms with Gasteiger partial charge in [-0.3, -0.25) is 0 Å². The standard InChI is InChI=1S/C24H29N.ClH/c1-6-14-25(15-7-1)16-8-9-18-17-23-19-10-2-4-12-21(19)24(18)22-13-5-3-11-20(22)23;/h2-5,10-13,18,23-24H,1,6-9,14-17H2;1H. The third-order valence-corrected chi connectivity index (χ3v) is 6.92. The van der Waals surface area contributed by atoms with Gasteiger partial charge in [0.25, 0.3) is 0 Å². The summed E-state index contributed by atoms with van der Waals surface area (Å²) in [5, 5.41) is 0. The van der Waals surface area contributed by atoms with E-state index < -0.39 is 0 Å². The molecule has 1 saturated heterocycles. The van der Waals surface area contributed by atoms with Gasteiger partial charge < -0.3 is 4.90 Å². The minimum Gasteiger partial charge on any atom is -0.303 e. The lowest BCUT2D eigenvalue weighted by Crippen LogP contribution is -2.34. The van der Waals surface area contributed by atoms with Crippen LogP contribution in [0.4, 0.5) is 0 Å². The zero-order valence-corrected chi connectivity index (χ0v) is 16.4. The van der Waals surface area contributed by atoms with Crippen LogP contribution in [0.3, 0.4) is 0 Å². The van der Waals surface area contributed by atoms with E-state index in [0.717, 1.165) is 5.92 Å². The molecule has 2 aromatic rings. The summed E-state index contributed by atoms with van der Waals surface area (Å²) < 4.78 is 0. The van der Waals surface area contributed by atoms with Crippen LogP contribution in [-0.4, -0.2) is 24.5 Å². The van der Waals surface area contributed by atoms with Crippen molar-refractivity contribution >= 4 is 12.4 Å². The highest BCUT2D eigenvalue weighted by atomic mass is 35.5.